The molecule has 0 fully saturated rings. The van der Waals surface area contributed by atoms with Crippen molar-refractivity contribution >= 4 is 25.4 Å². The van der Waals surface area contributed by atoms with Crippen LogP contribution in [0.4, 0.5) is 0 Å². The summed E-state index contributed by atoms with van der Waals surface area (Å²) in [6, 6.07) is 15.3. The molecular weight excluding hydrogens is 339 g/mol. The molecule has 0 amide bonds. The number of hydrogen-bond donors (Lipinski definition) is 1. The Balaban J connectivity index is 2.08. The number of carbonyl (C=O) groups is 1. The molecule has 1 N–H and O–H groups in total. The third kappa shape index (κ3) is 4.49. The van der Waals surface area contributed by atoms with E-state index in [-0.39, 0.29) is 25.9 Å². The number of aromatic carboxylic acids is 1. The predicted molar refractivity (Wildman–Crippen MR) is 90.8 cm³/mol. The average molecular weight is 357 g/mol. The topological polar surface area (TPSA) is 37.3 Å². The molecule has 22 heavy (non-hydrogen) atoms. The van der Waals surface area contributed by atoms with Crippen molar-refractivity contribution in [2.45, 2.75) is 26.2 Å². The molecule has 112 valence electrons. The summed E-state index contributed by atoms with van der Waals surface area (Å²) >= 11 is 0.0651. The van der Waals surface area contributed by atoms with Crippen LogP contribution in [-0.4, -0.2) is 26.0 Å². The molecule has 0 aliphatic heterocycles. The Morgan fingerprint density at radius 2 is 1.77 bits per heavy atom. The monoisotopic (exact) mass is 358 g/mol. The van der Waals surface area contributed by atoms with Crippen LogP contribution in [0.25, 0.3) is 0 Å². The number of carboxylic acids is 1. The fraction of sp³-hybridized carbons (Fsp3) is 0.211. The Kier molecular flexibility index (Phi) is 5.08. The van der Waals surface area contributed by atoms with Gasteiger partial charge in [0.15, 0.2) is 0 Å². The van der Waals surface area contributed by atoms with E-state index in [1.807, 2.05) is 6.07 Å². The normalized spacial score (nSPS) is 10.7. The summed E-state index contributed by atoms with van der Waals surface area (Å²) in [4.78, 5) is 14.1. The summed E-state index contributed by atoms with van der Waals surface area (Å²) in [5.41, 5.74) is 2.49. The van der Waals surface area contributed by atoms with Crippen molar-refractivity contribution in [2.24, 2.45) is 0 Å². The minimum absolute atomic E-state index is 0.0651. The van der Waals surface area contributed by atoms with Crippen LogP contribution in [0.2, 0.25) is 0 Å². The van der Waals surface area contributed by atoms with Crippen LogP contribution in [0.5, 0.6) is 0 Å². The summed E-state index contributed by atoms with van der Waals surface area (Å²) in [6.45, 7) is 6.59. The summed E-state index contributed by atoms with van der Waals surface area (Å²) in [7, 11) is 0. The molecule has 0 atom stereocenters. The Morgan fingerprint density at radius 1 is 1.09 bits per heavy atom. The van der Waals surface area contributed by atoms with E-state index in [4.69, 9.17) is 5.11 Å². The maximum absolute atomic E-state index is 10.9. The van der Waals surface area contributed by atoms with Gasteiger partial charge in [-0.2, -0.15) is 0 Å². The van der Waals surface area contributed by atoms with Crippen molar-refractivity contribution in [3.8, 4) is 10.7 Å². The van der Waals surface area contributed by atoms with E-state index in [9.17, 15) is 4.79 Å². The molecule has 0 saturated heterocycles. The van der Waals surface area contributed by atoms with E-state index in [1.165, 1.54) is 10.0 Å². The van der Waals surface area contributed by atoms with E-state index >= 15 is 0 Å². The first-order valence-corrected chi connectivity index (χ1v) is 8.69. The van der Waals surface area contributed by atoms with Crippen molar-refractivity contribution in [1.29, 1.82) is 0 Å². The molecule has 0 heterocycles. The quantitative estimate of drug-likeness (QED) is 0.663. The number of hydrogen-bond acceptors (Lipinski definition) is 1. The van der Waals surface area contributed by atoms with E-state index in [1.54, 1.807) is 18.2 Å². The molecule has 3 heteroatoms. The van der Waals surface area contributed by atoms with E-state index in [0.29, 0.717) is 0 Å². The van der Waals surface area contributed by atoms with Crippen molar-refractivity contribution in [2.75, 3.05) is 0 Å². The van der Waals surface area contributed by atoms with Gasteiger partial charge in [-0.05, 0) is 0 Å². The Morgan fingerprint density at radius 3 is 2.36 bits per heavy atom. The molecule has 0 aliphatic carbocycles. The molecular formula is C19H18O2Se. The number of carboxylic acid groups (broad SMARTS) is 1. The van der Waals surface area contributed by atoms with Gasteiger partial charge in [-0.15, -0.1) is 0 Å². The summed E-state index contributed by atoms with van der Waals surface area (Å²) < 4.78 is 1.22. The maximum atomic E-state index is 10.9. The average Bonchev–Trinajstić information content (AvgIpc) is 2.47. The SMILES string of the molecule is CC(C)(C)c1ccc([Se]C#Cc2cccc(C(=O)O)c2)cc1. The second-order valence-corrected chi connectivity index (χ2v) is 7.84. The molecule has 2 nitrogen and oxygen atoms in total. The Bertz CT molecular complexity index is 729. The number of rotatable bonds is 2. The molecule has 0 spiro atoms. The Hall–Kier alpha value is -2.01. The van der Waals surface area contributed by atoms with Crippen LogP contribution in [0.3, 0.4) is 0 Å². The van der Waals surface area contributed by atoms with Gasteiger partial charge in [-0.1, -0.05) is 0 Å². The Labute approximate surface area is 137 Å². The van der Waals surface area contributed by atoms with Gasteiger partial charge in [0.1, 0.15) is 0 Å². The van der Waals surface area contributed by atoms with Crippen LogP contribution in [0.15, 0.2) is 48.5 Å². The van der Waals surface area contributed by atoms with Crippen molar-refractivity contribution in [3.05, 3.63) is 65.2 Å². The van der Waals surface area contributed by atoms with E-state index in [2.05, 4.69) is 55.8 Å². The first kappa shape index (κ1) is 16.4. The van der Waals surface area contributed by atoms with Gasteiger partial charge >= 0.3 is 137 Å². The van der Waals surface area contributed by atoms with Crippen LogP contribution < -0.4 is 4.46 Å². The molecule has 0 bridgehead atoms. The van der Waals surface area contributed by atoms with E-state index in [0.717, 1.165) is 5.56 Å². The first-order valence-electron chi connectivity index (χ1n) is 6.98. The van der Waals surface area contributed by atoms with Crippen LogP contribution in [0.1, 0.15) is 42.3 Å². The fourth-order valence-electron chi connectivity index (χ4n) is 1.90. The molecule has 0 unspecified atom stereocenters. The van der Waals surface area contributed by atoms with E-state index < -0.39 is 5.97 Å². The summed E-state index contributed by atoms with van der Waals surface area (Å²) in [5.74, 6) is 2.12. The third-order valence-corrected chi connectivity index (χ3v) is 4.69. The number of benzene rings is 2. The van der Waals surface area contributed by atoms with Crippen LogP contribution >= 0.6 is 0 Å². The summed E-state index contributed by atoms with van der Waals surface area (Å²) in [5, 5.41) is 8.96. The molecule has 0 radical (unpaired) electrons. The molecule has 0 aromatic heterocycles. The molecule has 0 aliphatic rings. The molecule has 2 aromatic rings. The zero-order valence-corrected chi connectivity index (χ0v) is 14.6. The third-order valence-electron chi connectivity index (χ3n) is 3.19. The summed E-state index contributed by atoms with van der Waals surface area (Å²) in [6.07, 6.45) is 0. The molecule has 2 aromatic carbocycles. The fourth-order valence-corrected chi connectivity index (χ4v) is 3.07. The molecule has 0 saturated carbocycles. The van der Waals surface area contributed by atoms with Gasteiger partial charge in [0.2, 0.25) is 0 Å². The van der Waals surface area contributed by atoms with Gasteiger partial charge in [0.25, 0.3) is 0 Å². The van der Waals surface area contributed by atoms with Crippen LogP contribution in [-0.2, 0) is 5.41 Å². The van der Waals surface area contributed by atoms with Crippen molar-refractivity contribution in [3.63, 3.8) is 0 Å². The first-order chi connectivity index (χ1) is 10.4. The zero-order chi connectivity index (χ0) is 16.2. The van der Waals surface area contributed by atoms with Gasteiger partial charge in [0, 0.05) is 0 Å². The van der Waals surface area contributed by atoms with Gasteiger partial charge in [-0.3, -0.25) is 0 Å². The zero-order valence-electron chi connectivity index (χ0n) is 12.9. The van der Waals surface area contributed by atoms with Crippen molar-refractivity contribution in [1.82, 2.24) is 0 Å². The van der Waals surface area contributed by atoms with Crippen LogP contribution in [0, 0.1) is 10.7 Å². The van der Waals surface area contributed by atoms with Gasteiger partial charge < -0.3 is 0 Å². The standard InChI is InChI=1S/C19H18O2Se/c1-19(2,3)16-7-9-17(10-8-16)22-12-11-14-5-4-6-15(13-14)18(20)21/h4-10,13H,1-3H3,(H,20,21). The predicted octanol–water partition coefficient (Wildman–Crippen LogP) is 3.02. The molecule has 2 rings (SSSR count). The van der Waals surface area contributed by atoms with Gasteiger partial charge in [-0.25, -0.2) is 0 Å². The van der Waals surface area contributed by atoms with Crippen molar-refractivity contribution < 1.29 is 9.90 Å². The second-order valence-electron chi connectivity index (χ2n) is 5.99. The minimum atomic E-state index is -0.924. The second kappa shape index (κ2) is 6.83. The van der Waals surface area contributed by atoms with Gasteiger partial charge in [0.05, 0.1) is 0 Å².